The van der Waals surface area contributed by atoms with Crippen LogP contribution in [0.5, 0.6) is 0 Å². The predicted molar refractivity (Wildman–Crippen MR) is 82.4 cm³/mol. The number of nitrogens with zero attached hydrogens (tertiary/aromatic N) is 1. The van der Waals surface area contributed by atoms with Gasteiger partial charge in [0.15, 0.2) is 5.58 Å². The van der Waals surface area contributed by atoms with E-state index in [9.17, 15) is 9.59 Å². The van der Waals surface area contributed by atoms with Gasteiger partial charge in [-0.15, -0.1) is 0 Å². The molecule has 1 heterocycles. The third-order valence-electron chi connectivity index (χ3n) is 3.32. The summed E-state index contributed by atoms with van der Waals surface area (Å²) >= 11 is 5.95. The Labute approximate surface area is 130 Å². The topological polar surface area (TPSA) is 61.4 Å². The summed E-state index contributed by atoms with van der Waals surface area (Å²) in [6.45, 7) is 0.337. The molecule has 112 valence electrons. The van der Waals surface area contributed by atoms with Crippen LogP contribution in [0, 0.1) is 0 Å². The fraction of sp³-hybridized carbons (Fsp3) is 0.125. The van der Waals surface area contributed by atoms with Crippen molar-refractivity contribution in [2.24, 2.45) is 0 Å². The van der Waals surface area contributed by atoms with E-state index >= 15 is 0 Å². The van der Waals surface area contributed by atoms with Gasteiger partial charge in [-0.2, -0.15) is 0 Å². The molecule has 5 nitrogen and oxygen atoms in total. The van der Waals surface area contributed by atoms with Crippen molar-refractivity contribution >= 4 is 28.7 Å². The number of ether oxygens (including phenoxy) is 1. The number of rotatable bonds is 3. The Morgan fingerprint density at radius 2 is 2.09 bits per heavy atom. The summed E-state index contributed by atoms with van der Waals surface area (Å²) in [6, 6.07) is 12.0. The molecule has 0 saturated heterocycles. The van der Waals surface area contributed by atoms with E-state index in [1.54, 1.807) is 24.3 Å². The second-order valence-electron chi connectivity index (χ2n) is 4.76. The van der Waals surface area contributed by atoms with E-state index in [-0.39, 0.29) is 0 Å². The van der Waals surface area contributed by atoms with Crippen molar-refractivity contribution < 1.29 is 13.9 Å². The molecular formula is C16H12ClNO4. The van der Waals surface area contributed by atoms with Crippen molar-refractivity contribution in [2.45, 2.75) is 6.54 Å². The van der Waals surface area contributed by atoms with Crippen LogP contribution in [0.4, 0.5) is 0 Å². The third-order valence-corrected chi connectivity index (χ3v) is 3.55. The van der Waals surface area contributed by atoms with Crippen LogP contribution in [0.2, 0.25) is 5.02 Å². The van der Waals surface area contributed by atoms with Crippen LogP contribution in [-0.4, -0.2) is 17.6 Å². The molecular weight excluding hydrogens is 306 g/mol. The highest BCUT2D eigenvalue weighted by atomic mass is 35.5. The summed E-state index contributed by atoms with van der Waals surface area (Å²) in [4.78, 5) is 23.5. The minimum atomic E-state index is -0.489. The quantitative estimate of drug-likeness (QED) is 0.696. The van der Waals surface area contributed by atoms with Gasteiger partial charge in [0, 0.05) is 5.02 Å². The molecule has 1 aromatic heterocycles. The second-order valence-corrected chi connectivity index (χ2v) is 5.19. The fourth-order valence-electron chi connectivity index (χ4n) is 2.28. The normalized spacial score (nSPS) is 10.8. The van der Waals surface area contributed by atoms with Crippen LogP contribution in [-0.2, 0) is 11.3 Å². The van der Waals surface area contributed by atoms with Gasteiger partial charge in [-0.1, -0.05) is 23.7 Å². The monoisotopic (exact) mass is 317 g/mol. The molecule has 0 N–H and O–H groups in total. The van der Waals surface area contributed by atoms with Crippen LogP contribution in [0.1, 0.15) is 15.9 Å². The molecule has 0 aliphatic carbocycles. The van der Waals surface area contributed by atoms with E-state index in [1.807, 2.05) is 12.1 Å². The van der Waals surface area contributed by atoms with Gasteiger partial charge in [0.25, 0.3) is 0 Å². The number of halogens is 1. The van der Waals surface area contributed by atoms with Gasteiger partial charge in [-0.05, 0) is 35.9 Å². The van der Waals surface area contributed by atoms with Crippen molar-refractivity contribution in [3.8, 4) is 0 Å². The van der Waals surface area contributed by atoms with Gasteiger partial charge >= 0.3 is 11.7 Å². The summed E-state index contributed by atoms with van der Waals surface area (Å²) in [7, 11) is 1.30. The van der Waals surface area contributed by atoms with Crippen molar-refractivity contribution in [1.29, 1.82) is 0 Å². The Kier molecular flexibility index (Phi) is 3.73. The molecule has 0 radical (unpaired) electrons. The Morgan fingerprint density at radius 3 is 2.82 bits per heavy atom. The predicted octanol–water partition coefficient (Wildman–Crippen LogP) is 3.08. The molecule has 22 heavy (non-hydrogen) atoms. The van der Waals surface area contributed by atoms with Crippen molar-refractivity contribution in [2.75, 3.05) is 7.11 Å². The zero-order chi connectivity index (χ0) is 15.7. The minimum Gasteiger partial charge on any atom is -0.465 e. The van der Waals surface area contributed by atoms with Crippen molar-refractivity contribution in [3.05, 3.63) is 69.2 Å². The van der Waals surface area contributed by atoms with Gasteiger partial charge in [0.05, 0.1) is 24.7 Å². The Morgan fingerprint density at radius 1 is 1.27 bits per heavy atom. The highest BCUT2D eigenvalue weighted by Crippen LogP contribution is 2.18. The van der Waals surface area contributed by atoms with Gasteiger partial charge < -0.3 is 9.15 Å². The van der Waals surface area contributed by atoms with Crippen LogP contribution < -0.4 is 5.76 Å². The summed E-state index contributed by atoms with van der Waals surface area (Å²) in [5.41, 5.74) is 2.17. The van der Waals surface area contributed by atoms with Gasteiger partial charge in [-0.25, -0.2) is 9.59 Å². The van der Waals surface area contributed by atoms with Crippen molar-refractivity contribution in [1.82, 2.24) is 4.57 Å². The van der Waals surface area contributed by atoms with Crippen molar-refractivity contribution in [3.63, 3.8) is 0 Å². The lowest BCUT2D eigenvalue weighted by Crippen LogP contribution is -2.14. The van der Waals surface area contributed by atoms with Crippen LogP contribution in [0.15, 0.2) is 51.7 Å². The first-order valence-electron chi connectivity index (χ1n) is 6.54. The van der Waals surface area contributed by atoms with Gasteiger partial charge in [0.1, 0.15) is 0 Å². The molecule has 0 aliphatic rings. The largest absolute Gasteiger partial charge is 0.465 e. The van der Waals surface area contributed by atoms with E-state index in [0.717, 1.165) is 5.56 Å². The van der Waals surface area contributed by atoms with E-state index in [1.165, 1.54) is 17.7 Å². The van der Waals surface area contributed by atoms with E-state index in [2.05, 4.69) is 4.74 Å². The number of methoxy groups -OCH3 is 1. The lowest BCUT2D eigenvalue weighted by molar-refractivity contribution is 0.0601. The van der Waals surface area contributed by atoms with E-state index in [0.29, 0.717) is 28.2 Å². The number of fused-ring (bicyclic) bond motifs is 1. The maximum atomic E-state index is 12.0. The number of hydrogen-bond donors (Lipinski definition) is 0. The molecule has 3 aromatic rings. The SMILES string of the molecule is COC(=O)c1ccc2c(c1)oc(=O)n2Cc1cccc(Cl)c1. The molecule has 0 aliphatic heterocycles. The number of esters is 1. The average Bonchev–Trinajstić information content (AvgIpc) is 2.81. The minimum absolute atomic E-state index is 0.332. The maximum Gasteiger partial charge on any atom is 0.420 e. The molecule has 3 rings (SSSR count). The summed E-state index contributed by atoms with van der Waals surface area (Å²) < 4.78 is 11.3. The number of carbonyl (C=O) groups excluding carboxylic acids is 1. The molecule has 0 unspecified atom stereocenters. The lowest BCUT2D eigenvalue weighted by Gasteiger charge is -2.03. The molecule has 0 amide bonds. The molecule has 0 spiro atoms. The number of carbonyl (C=O) groups is 1. The van der Waals surface area contributed by atoms with Crippen LogP contribution in [0.3, 0.4) is 0 Å². The number of benzene rings is 2. The number of aromatic nitrogens is 1. The zero-order valence-corrected chi connectivity index (χ0v) is 12.5. The van der Waals surface area contributed by atoms with E-state index < -0.39 is 11.7 Å². The maximum absolute atomic E-state index is 12.0. The third kappa shape index (κ3) is 2.63. The van der Waals surface area contributed by atoms with Crippen LogP contribution in [0.25, 0.3) is 11.1 Å². The summed E-state index contributed by atoms with van der Waals surface area (Å²) in [5.74, 6) is -0.968. The molecule has 2 aromatic carbocycles. The molecule has 0 bridgehead atoms. The molecule has 0 saturated carbocycles. The van der Waals surface area contributed by atoms with E-state index in [4.69, 9.17) is 16.0 Å². The average molecular weight is 318 g/mol. The first-order chi connectivity index (χ1) is 10.6. The summed E-state index contributed by atoms with van der Waals surface area (Å²) in [6.07, 6.45) is 0. The molecule has 0 atom stereocenters. The highest BCUT2D eigenvalue weighted by molar-refractivity contribution is 6.30. The van der Waals surface area contributed by atoms with Gasteiger partial charge in [-0.3, -0.25) is 4.57 Å². The Balaban J connectivity index is 2.05. The number of oxazole rings is 1. The fourth-order valence-corrected chi connectivity index (χ4v) is 2.49. The van der Waals surface area contributed by atoms with Gasteiger partial charge in [0.2, 0.25) is 0 Å². The summed E-state index contributed by atoms with van der Waals surface area (Å²) in [5, 5.41) is 0.603. The highest BCUT2D eigenvalue weighted by Gasteiger charge is 2.13. The Hall–Kier alpha value is -2.53. The Bertz CT molecular complexity index is 910. The standard InChI is InChI=1S/C16H12ClNO4/c1-21-15(19)11-5-6-13-14(8-11)22-16(20)18(13)9-10-3-2-4-12(17)7-10/h2-8H,9H2,1H3. The second kappa shape index (κ2) is 5.69. The van der Waals surface area contributed by atoms with Crippen LogP contribution >= 0.6 is 11.6 Å². The zero-order valence-electron chi connectivity index (χ0n) is 11.7. The molecule has 6 heteroatoms. The lowest BCUT2D eigenvalue weighted by atomic mass is 10.2. The first kappa shape index (κ1) is 14.4. The first-order valence-corrected chi connectivity index (χ1v) is 6.92. The number of hydrogen-bond acceptors (Lipinski definition) is 4. The molecule has 0 fully saturated rings. The smallest absolute Gasteiger partial charge is 0.420 e.